The summed E-state index contributed by atoms with van der Waals surface area (Å²) in [6.07, 6.45) is 4.80. The number of amides is 1. The molecule has 0 unspecified atom stereocenters. The second-order valence-electron chi connectivity index (χ2n) is 5.64. The predicted molar refractivity (Wildman–Crippen MR) is 88.5 cm³/mol. The molecule has 0 bridgehead atoms. The summed E-state index contributed by atoms with van der Waals surface area (Å²) in [6, 6.07) is 5.42. The zero-order valence-electron chi connectivity index (χ0n) is 13.6. The van der Waals surface area contributed by atoms with Gasteiger partial charge in [0.25, 0.3) is 5.91 Å². The maximum atomic E-state index is 12.6. The lowest BCUT2D eigenvalue weighted by molar-refractivity contribution is 0.0757. The molecule has 6 nitrogen and oxygen atoms in total. The topological polar surface area (TPSA) is 62.2 Å². The molecule has 0 aromatic carbocycles. The molecule has 0 spiro atoms. The fraction of sp³-hybridized carbons (Fsp3) is 0.412. The van der Waals surface area contributed by atoms with E-state index >= 15 is 0 Å². The summed E-state index contributed by atoms with van der Waals surface area (Å²) < 4.78 is 0. The summed E-state index contributed by atoms with van der Waals surface area (Å²) in [6.45, 7) is 4.32. The standard InChI is InChI=1S/C17H21N5O/c1-3-21(2)16-13-7-10-22(11-8-14(13)19-12-20-16)17(23)15-6-4-5-9-18-15/h4-6,9,12H,3,7-8,10-11H2,1-2H3. The minimum atomic E-state index is -0.0169. The number of fused-ring (bicyclic) bond motifs is 1. The highest BCUT2D eigenvalue weighted by Crippen LogP contribution is 2.23. The molecule has 0 radical (unpaired) electrons. The maximum Gasteiger partial charge on any atom is 0.272 e. The first kappa shape index (κ1) is 15.4. The van der Waals surface area contributed by atoms with Gasteiger partial charge in [0, 0.05) is 44.9 Å². The normalized spacial score (nSPS) is 14.1. The molecule has 3 rings (SSSR count). The molecular weight excluding hydrogens is 290 g/mol. The van der Waals surface area contributed by atoms with Gasteiger partial charge in [-0.05, 0) is 25.5 Å². The highest BCUT2D eigenvalue weighted by molar-refractivity contribution is 5.92. The summed E-state index contributed by atoms with van der Waals surface area (Å²) in [5, 5.41) is 0. The van der Waals surface area contributed by atoms with Crippen molar-refractivity contribution in [2.75, 3.05) is 31.6 Å². The Labute approximate surface area is 136 Å². The maximum absolute atomic E-state index is 12.6. The highest BCUT2D eigenvalue weighted by Gasteiger charge is 2.23. The van der Waals surface area contributed by atoms with Gasteiger partial charge >= 0.3 is 0 Å². The van der Waals surface area contributed by atoms with Crippen LogP contribution in [0.3, 0.4) is 0 Å². The molecule has 0 atom stereocenters. The van der Waals surface area contributed by atoms with Crippen molar-refractivity contribution in [3.8, 4) is 0 Å². The predicted octanol–water partition coefficient (Wildman–Crippen LogP) is 1.57. The van der Waals surface area contributed by atoms with Gasteiger partial charge in [0.1, 0.15) is 17.8 Å². The van der Waals surface area contributed by atoms with Crippen molar-refractivity contribution in [2.24, 2.45) is 0 Å². The molecule has 2 aromatic heterocycles. The van der Waals surface area contributed by atoms with Crippen LogP contribution in [0.25, 0.3) is 0 Å². The fourth-order valence-corrected chi connectivity index (χ4v) is 2.84. The monoisotopic (exact) mass is 311 g/mol. The zero-order chi connectivity index (χ0) is 16.2. The summed E-state index contributed by atoms with van der Waals surface area (Å²) in [5.41, 5.74) is 2.70. The third-order valence-electron chi connectivity index (χ3n) is 4.27. The largest absolute Gasteiger partial charge is 0.360 e. The average molecular weight is 311 g/mol. The van der Waals surface area contributed by atoms with Crippen LogP contribution in [-0.2, 0) is 12.8 Å². The number of hydrogen-bond donors (Lipinski definition) is 0. The Morgan fingerprint density at radius 1 is 1.22 bits per heavy atom. The number of anilines is 1. The van der Waals surface area contributed by atoms with Crippen LogP contribution in [0.5, 0.6) is 0 Å². The van der Waals surface area contributed by atoms with E-state index in [9.17, 15) is 4.79 Å². The minimum Gasteiger partial charge on any atom is -0.360 e. The molecule has 0 N–H and O–H groups in total. The zero-order valence-corrected chi connectivity index (χ0v) is 13.6. The van der Waals surface area contributed by atoms with Crippen LogP contribution in [0, 0.1) is 0 Å². The number of pyridine rings is 1. The van der Waals surface area contributed by atoms with Crippen molar-refractivity contribution < 1.29 is 4.79 Å². The van der Waals surface area contributed by atoms with Gasteiger partial charge in [-0.1, -0.05) is 6.07 Å². The fourth-order valence-electron chi connectivity index (χ4n) is 2.84. The number of rotatable bonds is 3. The molecular formula is C17H21N5O. The molecule has 120 valence electrons. The van der Waals surface area contributed by atoms with E-state index in [4.69, 9.17) is 0 Å². The number of aromatic nitrogens is 3. The Hall–Kier alpha value is -2.50. The van der Waals surface area contributed by atoms with Crippen LogP contribution in [0.2, 0.25) is 0 Å². The summed E-state index contributed by atoms with van der Waals surface area (Å²) in [7, 11) is 2.03. The van der Waals surface area contributed by atoms with Gasteiger partial charge in [0.2, 0.25) is 0 Å². The van der Waals surface area contributed by atoms with Gasteiger partial charge in [-0.3, -0.25) is 9.78 Å². The van der Waals surface area contributed by atoms with E-state index in [-0.39, 0.29) is 5.91 Å². The van der Waals surface area contributed by atoms with Gasteiger partial charge in [-0.2, -0.15) is 0 Å². The third-order valence-corrected chi connectivity index (χ3v) is 4.27. The first-order valence-electron chi connectivity index (χ1n) is 7.95. The quantitative estimate of drug-likeness (QED) is 0.861. The van der Waals surface area contributed by atoms with Crippen LogP contribution in [-0.4, -0.2) is 52.4 Å². The molecule has 6 heteroatoms. The molecule has 3 heterocycles. The molecule has 0 fully saturated rings. The van der Waals surface area contributed by atoms with E-state index in [1.165, 1.54) is 0 Å². The SMILES string of the molecule is CCN(C)c1ncnc2c1CCN(C(=O)c1ccccn1)CC2. The van der Waals surface area contributed by atoms with Gasteiger partial charge < -0.3 is 9.80 Å². The molecule has 1 amide bonds. The molecule has 23 heavy (non-hydrogen) atoms. The van der Waals surface area contributed by atoms with Crippen molar-refractivity contribution >= 4 is 11.7 Å². The lowest BCUT2D eigenvalue weighted by Crippen LogP contribution is -2.33. The van der Waals surface area contributed by atoms with E-state index in [1.54, 1.807) is 18.6 Å². The van der Waals surface area contributed by atoms with Crippen molar-refractivity contribution in [1.29, 1.82) is 0 Å². The number of carbonyl (C=O) groups excluding carboxylic acids is 1. The third kappa shape index (κ3) is 3.16. The Balaban J connectivity index is 1.82. The summed E-state index contributed by atoms with van der Waals surface area (Å²) >= 11 is 0. The second-order valence-corrected chi connectivity index (χ2v) is 5.64. The van der Waals surface area contributed by atoms with E-state index < -0.39 is 0 Å². The second kappa shape index (κ2) is 6.73. The van der Waals surface area contributed by atoms with Gasteiger partial charge in [-0.15, -0.1) is 0 Å². The van der Waals surface area contributed by atoms with Crippen LogP contribution < -0.4 is 4.90 Å². The lowest BCUT2D eigenvalue weighted by Gasteiger charge is -2.20. The lowest BCUT2D eigenvalue weighted by atomic mass is 10.1. The Morgan fingerprint density at radius 3 is 2.78 bits per heavy atom. The van der Waals surface area contributed by atoms with E-state index in [0.29, 0.717) is 18.8 Å². The smallest absolute Gasteiger partial charge is 0.272 e. The van der Waals surface area contributed by atoms with Crippen LogP contribution in [0.4, 0.5) is 5.82 Å². The van der Waals surface area contributed by atoms with Crippen molar-refractivity contribution in [3.63, 3.8) is 0 Å². The van der Waals surface area contributed by atoms with E-state index in [1.807, 2.05) is 24.1 Å². The molecule has 0 saturated heterocycles. The van der Waals surface area contributed by atoms with Gasteiger partial charge in [-0.25, -0.2) is 9.97 Å². The van der Waals surface area contributed by atoms with Crippen LogP contribution in [0.1, 0.15) is 28.7 Å². The van der Waals surface area contributed by atoms with Crippen molar-refractivity contribution in [3.05, 3.63) is 47.7 Å². The summed E-state index contributed by atoms with van der Waals surface area (Å²) in [5.74, 6) is 0.960. The van der Waals surface area contributed by atoms with Crippen molar-refractivity contribution in [1.82, 2.24) is 19.9 Å². The van der Waals surface area contributed by atoms with E-state index in [0.717, 1.165) is 36.5 Å². The molecule has 2 aromatic rings. The van der Waals surface area contributed by atoms with Crippen LogP contribution in [0.15, 0.2) is 30.7 Å². The first-order chi connectivity index (χ1) is 11.2. The number of carbonyl (C=O) groups is 1. The molecule has 0 saturated carbocycles. The highest BCUT2D eigenvalue weighted by atomic mass is 16.2. The molecule has 1 aliphatic rings. The summed E-state index contributed by atoms with van der Waals surface area (Å²) in [4.78, 5) is 29.6. The van der Waals surface area contributed by atoms with Gasteiger partial charge in [0.05, 0.1) is 5.69 Å². The van der Waals surface area contributed by atoms with Crippen LogP contribution >= 0.6 is 0 Å². The number of hydrogen-bond acceptors (Lipinski definition) is 5. The molecule has 0 aliphatic carbocycles. The molecule has 1 aliphatic heterocycles. The van der Waals surface area contributed by atoms with Gasteiger partial charge in [0.15, 0.2) is 0 Å². The average Bonchev–Trinajstić information content (AvgIpc) is 2.83. The Morgan fingerprint density at radius 2 is 2.04 bits per heavy atom. The Bertz CT molecular complexity index is 689. The Kier molecular flexibility index (Phi) is 4.50. The van der Waals surface area contributed by atoms with Crippen molar-refractivity contribution in [2.45, 2.75) is 19.8 Å². The first-order valence-corrected chi connectivity index (χ1v) is 7.95. The number of nitrogens with zero attached hydrogens (tertiary/aromatic N) is 5. The minimum absolute atomic E-state index is 0.0169. The van der Waals surface area contributed by atoms with E-state index in [2.05, 4.69) is 26.8 Å².